The highest BCUT2D eigenvalue weighted by atomic mass is 35.5. The zero-order chi connectivity index (χ0) is 14.4. The van der Waals surface area contributed by atoms with Gasteiger partial charge in [0.1, 0.15) is 5.75 Å². The van der Waals surface area contributed by atoms with Crippen molar-refractivity contribution in [2.75, 3.05) is 13.2 Å². The Hall–Kier alpha value is -0.770. The number of benzene rings is 1. The third-order valence-corrected chi connectivity index (χ3v) is 3.84. The van der Waals surface area contributed by atoms with Crippen molar-refractivity contribution in [2.45, 2.75) is 51.8 Å². The summed E-state index contributed by atoms with van der Waals surface area (Å²) in [7, 11) is 0. The van der Waals surface area contributed by atoms with Gasteiger partial charge in [0.2, 0.25) is 0 Å². The fraction of sp³-hybridized carbons (Fsp3) is 0.625. The number of halogens is 1. The van der Waals surface area contributed by atoms with E-state index >= 15 is 0 Å². The van der Waals surface area contributed by atoms with Crippen LogP contribution in [0.2, 0.25) is 5.02 Å². The molecule has 0 saturated carbocycles. The van der Waals surface area contributed by atoms with Gasteiger partial charge in [0, 0.05) is 36.2 Å². The summed E-state index contributed by atoms with van der Waals surface area (Å²) in [6.07, 6.45) is 3.64. The van der Waals surface area contributed by atoms with E-state index in [4.69, 9.17) is 21.1 Å². The summed E-state index contributed by atoms with van der Waals surface area (Å²) in [6, 6.07) is 6.25. The molecule has 0 aromatic heterocycles. The average molecular weight is 298 g/mol. The lowest BCUT2D eigenvalue weighted by Gasteiger charge is -2.16. The van der Waals surface area contributed by atoms with E-state index in [1.807, 2.05) is 18.2 Å². The van der Waals surface area contributed by atoms with Gasteiger partial charge in [-0.3, -0.25) is 0 Å². The first-order chi connectivity index (χ1) is 9.66. The van der Waals surface area contributed by atoms with E-state index < -0.39 is 0 Å². The molecule has 20 heavy (non-hydrogen) atoms. The molecule has 1 unspecified atom stereocenters. The van der Waals surface area contributed by atoms with Crippen molar-refractivity contribution in [3.63, 3.8) is 0 Å². The summed E-state index contributed by atoms with van der Waals surface area (Å²) in [6.45, 7) is 6.54. The molecule has 3 nitrogen and oxygen atoms in total. The number of rotatable bonds is 7. The minimum absolute atomic E-state index is 0.367. The van der Waals surface area contributed by atoms with Gasteiger partial charge in [0.05, 0.1) is 12.7 Å². The minimum Gasteiger partial charge on any atom is -0.493 e. The van der Waals surface area contributed by atoms with Gasteiger partial charge in [-0.15, -0.1) is 0 Å². The molecule has 1 atom stereocenters. The van der Waals surface area contributed by atoms with Crippen LogP contribution in [0.3, 0.4) is 0 Å². The Balaban J connectivity index is 1.90. The lowest BCUT2D eigenvalue weighted by molar-refractivity contribution is 0.0902. The van der Waals surface area contributed by atoms with Crippen molar-refractivity contribution in [3.05, 3.63) is 28.8 Å². The van der Waals surface area contributed by atoms with Gasteiger partial charge in [-0.05, 0) is 25.0 Å². The van der Waals surface area contributed by atoms with Crippen LogP contribution in [0.25, 0.3) is 0 Å². The fourth-order valence-electron chi connectivity index (χ4n) is 2.32. The maximum Gasteiger partial charge on any atom is 0.125 e. The van der Waals surface area contributed by atoms with Crippen molar-refractivity contribution in [1.29, 1.82) is 0 Å². The molecular weight excluding hydrogens is 274 g/mol. The standard InChI is InChI=1S/C16H24ClNO2/c1-12(2)18-11-14-15(17)6-3-7-16(14)20-10-8-13-5-4-9-19-13/h3,6-7,12-13,18H,4-5,8-11H2,1-2H3. The van der Waals surface area contributed by atoms with Crippen molar-refractivity contribution < 1.29 is 9.47 Å². The monoisotopic (exact) mass is 297 g/mol. The van der Waals surface area contributed by atoms with Crippen molar-refractivity contribution >= 4 is 11.6 Å². The highest BCUT2D eigenvalue weighted by Crippen LogP contribution is 2.27. The van der Waals surface area contributed by atoms with Gasteiger partial charge in [0.25, 0.3) is 0 Å². The predicted octanol–water partition coefficient (Wildman–Crippen LogP) is 3.79. The van der Waals surface area contributed by atoms with E-state index in [0.717, 1.165) is 42.3 Å². The Morgan fingerprint density at radius 2 is 2.30 bits per heavy atom. The van der Waals surface area contributed by atoms with Crippen LogP contribution in [0.15, 0.2) is 18.2 Å². The summed E-state index contributed by atoms with van der Waals surface area (Å²) in [5.74, 6) is 0.878. The molecule has 1 aliphatic heterocycles. The minimum atomic E-state index is 0.367. The zero-order valence-corrected chi connectivity index (χ0v) is 13.1. The third kappa shape index (κ3) is 4.65. The highest BCUT2D eigenvalue weighted by Gasteiger charge is 2.16. The predicted molar refractivity (Wildman–Crippen MR) is 82.5 cm³/mol. The fourth-order valence-corrected chi connectivity index (χ4v) is 2.56. The molecule has 0 spiro atoms. The molecular formula is C16H24ClNO2. The Kier molecular flexibility index (Phi) is 6.14. The molecule has 1 aliphatic rings. The molecule has 0 bridgehead atoms. The van der Waals surface area contributed by atoms with Crippen LogP contribution in [-0.4, -0.2) is 25.4 Å². The van der Waals surface area contributed by atoms with Crippen molar-refractivity contribution in [2.24, 2.45) is 0 Å². The summed E-state index contributed by atoms with van der Waals surface area (Å²) >= 11 is 6.27. The number of ether oxygens (including phenoxy) is 2. The second-order valence-electron chi connectivity index (χ2n) is 5.52. The number of hydrogen-bond donors (Lipinski definition) is 1. The summed E-state index contributed by atoms with van der Waals surface area (Å²) in [5.41, 5.74) is 1.04. The van der Waals surface area contributed by atoms with Crippen molar-refractivity contribution in [1.82, 2.24) is 5.32 Å². The molecule has 4 heteroatoms. The van der Waals surface area contributed by atoms with Crippen LogP contribution >= 0.6 is 11.6 Å². The first-order valence-electron chi connectivity index (χ1n) is 7.42. The largest absolute Gasteiger partial charge is 0.493 e. The molecule has 2 rings (SSSR count). The molecule has 0 amide bonds. The van der Waals surface area contributed by atoms with Crippen molar-refractivity contribution in [3.8, 4) is 5.75 Å². The molecule has 1 aromatic carbocycles. The Morgan fingerprint density at radius 1 is 1.45 bits per heavy atom. The quantitative estimate of drug-likeness (QED) is 0.831. The number of nitrogens with one attached hydrogen (secondary N) is 1. The Bertz CT molecular complexity index is 417. The SMILES string of the molecule is CC(C)NCc1c(Cl)cccc1OCCC1CCCO1. The molecule has 1 fully saturated rings. The maximum absolute atomic E-state index is 6.27. The molecule has 0 aliphatic carbocycles. The van der Waals surface area contributed by atoms with E-state index in [0.29, 0.717) is 18.8 Å². The highest BCUT2D eigenvalue weighted by molar-refractivity contribution is 6.31. The van der Waals surface area contributed by atoms with Crippen LogP contribution in [0.4, 0.5) is 0 Å². The van der Waals surface area contributed by atoms with Gasteiger partial charge in [0.15, 0.2) is 0 Å². The van der Waals surface area contributed by atoms with Gasteiger partial charge in [-0.1, -0.05) is 31.5 Å². The molecule has 1 aromatic rings. The van der Waals surface area contributed by atoms with Crippen LogP contribution < -0.4 is 10.1 Å². The van der Waals surface area contributed by atoms with E-state index in [1.54, 1.807) is 0 Å². The average Bonchev–Trinajstić information content (AvgIpc) is 2.91. The van der Waals surface area contributed by atoms with Crippen LogP contribution in [-0.2, 0) is 11.3 Å². The topological polar surface area (TPSA) is 30.5 Å². The molecule has 1 N–H and O–H groups in total. The van der Waals surface area contributed by atoms with E-state index in [-0.39, 0.29) is 0 Å². The Morgan fingerprint density at radius 3 is 3.00 bits per heavy atom. The summed E-state index contributed by atoms with van der Waals surface area (Å²) in [4.78, 5) is 0. The maximum atomic E-state index is 6.27. The van der Waals surface area contributed by atoms with Gasteiger partial charge in [-0.2, -0.15) is 0 Å². The smallest absolute Gasteiger partial charge is 0.125 e. The lowest BCUT2D eigenvalue weighted by Crippen LogP contribution is -2.22. The molecule has 112 valence electrons. The summed E-state index contributed by atoms with van der Waals surface area (Å²) < 4.78 is 11.5. The lowest BCUT2D eigenvalue weighted by atomic mass is 10.1. The van der Waals surface area contributed by atoms with Crippen LogP contribution in [0.1, 0.15) is 38.7 Å². The van der Waals surface area contributed by atoms with E-state index in [9.17, 15) is 0 Å². The molecule has 1 heterocycles. The van der Waals surface area contributed by atoms with Crippen LogP contribution in [0.5, 0.6) is 5.75 Å². The van der Waals surface area contributed by atoms with E-state index in [2.05, 4.69) is 19.2 Å². The molecule has 1 saturated heterocycles. The molecule has 0 radical (unpaired) electrons. The van der Waals surface area contributed by atoms with Gasteiger partial charge in [-0.25, -0.2) is 0 Å². The van der Waals surface area contributed by atoms with Crippen LogP contribution in [0, 0.1) is 0 Å². The second-order valence-corrected chi connectivity index (χ2v) is 5.93. The summed E-state index contributed by atoms with van der Waals surface area (Å²) in [5, 5.41) is 4.14. The van der Waals surface area contributed by atoms with Gasteiger partial charge < -0.3 is 14.8 Å². The normalized spacial score (nSPS) is 18.7. The zero-order valence-electron chi connectivity index (χ0n) is 12.3. The second kappa shape index (κ2) is 7.87. The first-order valence-corrected chi connectivity index (χ1v) is 7.80. The third-order valence-electron chi connectivity index (χ3n) is 3.48. The van der Waals surface area contributed by atoms with E-state index in [1.165, 1.54) is 6.42 Å². The van der Waals surface area contributed by atoms with Gasteiger partial charge >= 0.3 is 0 Å². The first kappa shape index (κ1) is 15.6. The number of hydrogen-bond acceptors (Lipinski definition) is 3. The Labute approximate surface area is 126 Å².